The molecular formula is C9H6N2S3. The van der Waals surface area contributed by atoms with E-state index in [1.165, 1.54) is 23.1 Å². The van der Waals surface area contributed by atoms with Crippen LogP contribution in [0.25, 0.3) is 10.2 Å². The van der Waals surface area contributed by atoms with Crippen molar-refractivity contribution in [3.63, 3.8) is 0 Å². The predicted molar refractivity (Wildman–Crippen MR) is 63.5 cm³/mol. The van der Waals surface area contributed by atoms with Gasteiger partial charge in [0.05, 0.1) is 20.8 Å². The molecule has 0 bridgehead atoms. The number of thiazole rings is 1. The summed E-state index contributed by atoms with van der Waals surface area (Å²) in [6, 6.07) is -0.662. The molecule has 0 aliphatic carbocycles. The number of hydrogen-bond donors (Lipinski definition) is 0. The number of aromatic nitrogens is 1. The molecule has 2 aromatic rings. The van der Waals surface area contributed by atoms with Gasteiger partial charge >= 0.3 is 0 Å². The van der Waals surface area contributed by atoms with Crippen molar-refractivity contribution in [1.82, 2.24) is 4.98 Å². The molecule has 0 radical (unpaired) electrons. The number of nitrogens with zero attached hydrogens (tertiary/aromatic N) is 2. The highest BCUT2D eigenvalue weighted by Gasteiger charge is 2.02. The van der Waals surface area contributed by atoms with Crippen molar-refractivity contribution in [2.75, 3.05) is 5.08 Å². The van der Waals surface area contributed by atoms with Crippen LogP contribution in [0.5, 0.6) is 0 Å². The molecule has 0 aliphatic heterocycles. The van der Waals surface area contributed by atoms with E-state index < -0.39 is 0 Å². The lowest BCUT2D eigenvalue weighted by Crippen LogP contribution is -1.69. The Labute approximate surface area is 100.0 Å². The van der Waals surface area contributed by atoms with Crippen LogP contribution in [0.3, 0.4) is 0 Å². The molecule has 1 aromatic heterocycles. The Bertz CT molecular complexity index is 605. The van der Waals surface area contributed by atoms with Crippen LogP contribution in [-0.2, 0) is 0 Å². The van der Waals surface area contributed by atoms with Gasteiger partial charge in [-0.15, -0.1) is 11.3 Å². The second-order valence-corrected chi connectivity index (χ2v) is 5.50. The summed E-state index contributed by atoms with van der Waals surface area (Å²) in [6.07, 6.45) is 0. The van der Waals surface area contributed by atoms with Gasteiger partial charge < -0.3 is 0 Å². The van der Waals surface area contributed by atoms with E-state index in [0.29, 0.717) is 19.6 Å². The summed E-state index contributed by atoms with van der Waals surface area (Å²) in [4.78, 5) is 4.19. The molecule has 2 nitrogen and oxygen atoms in total. The molecule has 1 aromatic carbocycles. The van der Waals surface area contributed by atoms with Crippen molar-refractivity contribution in [3.05, 3.63) is 24.2 Å². The van der Waals surface area contributed by atoms with Gasteiger partial charge in [-0.1, -0.05) is 23.8 Å². The fourth-order valence-electron chi connectivity index (χ4n) is 0.816. The minimum atomic E-state index is -0.263. The summed E-state index contributed by atoms with van der Waals surface area (Å²) in [6.45, 7) is 0. The quantitative estimate of drug-likeness (QED) is 0.357. The number of fused-ring (bicyclic) bond motifs is 1. The number of thiocyanates is 1. The minimum Gasteiger partial charge on any atom is -0.230 e. The molecule has 5 heteroatoms. The topological polar surface area (TPSA) is 36.7 Å². The lowest BCUT2D eigenvalue weighted by molar-refractivity contribution is 1.31. The number of rotatable bonds is 3. The Morgan fingerprint density at radius 3 is 3.29 bits per heavy atom. The summed E-state index contributed by atoms with van der Waals surface area (Å²) in [5.41, 5.74) is 0.301. The first-order chi connectivity index (χ1) is 8.56. The fraction of sp³-hybridized carbons (Fsp3) is 0.111. The van der Waals surface area contributed by atoms with Crippen molar-refractivity contribution in [2.24, 2.45) is 0 Å². The number of benzene rings is 1. The zero-order valence-corrected chi connectivity index (χ0v) is 9.28. The second kappa shape index (κ2) is 4.69. The van der Waals surface area contributed by atoms with Crippen molar-refractivity contribution in [2.45, 2.75) is 4.34 Å². The fourth-order valence-corrected chi connectivity index (χ4v) is 3.35. The molecule has 70 valence electrons. The van der Waals surface area contributed by atoms with E-state index in [1.807, 2.05) is 5.40 Å². The molecule has 1 heterocycles. The summed E-state index contributed by atoms with van der Waals surface area (Å²) >= 11 is 3.68. The molecular weight excluding hydrogens is 232 g/mol. The number of para-hydroxylation sites is 1. The van der Waals surface area contributed by atoms with Gasteiger partial charge in [-0.2, -0.15) is 5.26 Å². The number of nitriles is 1. The van der Waals surface area contributed by atoms with Gasteiger partial charge in [0.1, 0.15) is 5.40 Å². The SMILES string of the molecule is [2H]c1c([2H])c([2H])c2sc(SCSC#N)nc2c1[2H]. The van der Waals surface area contributed by atoms with Crippen LogP contribution < -0.4 is 0 Å². The largest absolute Gasteiger partial charge is 0.230 e. The van der Waals surface area contributed by atoms with Gasteiger partial charge in [-0.3, -0.25) is 0 Å². The van der Waals surface area contributed by atoms with Gasteiger partial charge in [0.25, 0.3) is 0 Å². The second-order valence-electron chi connectivity index (χ2n) is 2.16. The van der Waals surface area contributed by atoms with Crippen LogP contribution in [-0.4, -0.2) is 10.1 Å². The van der Waals surface area contributed by atoms with Gasteiger partial charge in [-0.05, 0) is 23.8 Å². The van der Waals surface area contributed by atoms with E-state index in [2.05, 4.69) is 4.98 Å². The van der Waals surface area contributed by atoms with Crippen molar-refractivity contribution < 1.29 is 5.48 Å². The van der Waals surface area contributed by atoms with E-state index in [4.69, 9.17) is 10.7 Å². The molecule has 0 saturated heterocycles. The Morgan fingerprint density at radius 2 is 2.43 bits per heavy atom. The highest BCUT2D eigenvalue weighted by molar-refractivity contribution is 8.18. The predicted octanol–water partition coefficient (Wildman–Crippen LogP) is 3.56. The average Bonchev–Trinajstić information content (AvgIpc) is 2.78. The van der Waals surface area contributed by atoms with Crippen LogP contribution in [0.1, 0.15) is 5.48 Å². The maximum atomic E-state index is 8.42. The Hall–Kier alpha value is -0.700. The van der Waals surface area contributed by atoms with E-state index in [1.54, 1.807) is 0 Å². The zero-order valence-electron chi connectivity index (χ0n) is 10.8. The van der Waals surface area contributed by atoms with Crippen molar-refractivity contribution in [1.29, 1.82) is 5.26 Å². The first-order valence-electron chi connectivity index (χ1n) is 5.56. The van der Waals surface area contributed by atoms with Crippen LogP contribution >= 0.6 is 34.9 Å². The number of thioether (sulfide) groups is 2. The number of hydrogen-bond acceptors (Lipinski definition) is 5. The van der Waals surface area contributed by atoms with Crippen LogP contribution in [0, 0.1) is 10.7 Å². The van der Waals surface area contributed by atoms with E-state index in [-0.39, 0.29) is 24.2 Å². The standard InChI is InChI=1S/C9H6N2S3/c10-5-12-6-13-9-11-7-3-1-2-4-8(7)14-9/h1-4H,6H2/i1D,2D,3D,4D. The third kappa shape index (κ3) is 2.21. The van der Waals surface area contributed by atoms with E-state index in [9.17, 15) is 0 Å². The highest BCUT2D eigenvalue weighted by Crippen LogP contribution is 2.30. The van der Waals surface area contributed by atoms with Crippen LogP contribution in [0.15, 0.2) is 28.5 Å². The van der Waals surface area contributed by atoms with Gasteiger partial charge in [-0.25, -0.2) is 4.98 Å². The Balaban J connectivity index is 2.48. The first-order valence-corrected chi connectivity index (χ1v) is 6.35. The Morgan fingerprint density at radius 1 is 1.57 bits per heavy atom. The summed E-state index contributed by atoms with van der Waals surface area (Å²) < 4.78 is 31.8. The zero-order chi connectivity index (χ0) is 13.3. The maximum Gasteiger partial charge on any atom is 0.151 e. The monoisotopic (exact) mass is 242 g/mol. The molecule has 0 N–H and O–H groups in total. The van der Waals surface area contributed by atoms with E-state index >= 15 is 0 Å². The third-order valence-electron chi connectivity index (χ3n) is 1.33. The van der Waals surface area contributed by atoms with Gasteiger partial charge in [0.2, 0.25) is 0 Å². The molecule has 0 amide bonds. The summed E-state index contributed by atoms with van der Waals surface area (Å²) in [5.74, 6) is 0. The van der Waals surface area contributed by atoms with Gasteiger partial charge in [0, 0.05) is 0 Å². The lowest BCUT2D eigenvalue weighted by Gasteiger charge is -1.87. The molecule has 0 atom stereocenters. The minimum absolute atomic E-state index is 0.0525. The molecule has 2 rings (SSSR count). The third-order valence-corrected chi connectivity index (χ3v) is 4.11. The highest BCUT2D eigenvalue weighted by atomic mass is 32.2. The lowest BCUT2D eigenvalue weighted by atomic mass is 10.3. The summed E-state index contributed by atoms with van der Waals surface area (Å²) in [7, 11) is 0. The molecule has 0 unspecified atom stereocenters. The van der Waals surface area contributed by atoms with E-state index in [0.717, 1.165) is 11.8 Å². The molecule has 0 aliphatic rings. The van der Waals surface area contributed by atoms with Crippen molar-refractivity contribution in [3.8, 4) is 5.40 Å². The van der Waals surface area contributed by atoms with Crippen LogP contribution in [0.2, 0.25) is 0 Å². The molecule has 14 heavy (non-hydrogen) atoms. The molecule has 0 saturated carbocycles. The first kappa shape index (κ1) is 6.01. The Kier molecular flexibility index (Phi) is 2.01. The summed E-state index contributed by atoms with van der Waals surface area (Å²) in [5, 5.41) is 10.9. The normalized spacial score (nSPS) is 14.2. The maximum absolute atomic E-state index is 8.42. The molecule has 0 spiro atoms. The smallest absolute Gasteiger partial charge is 0.151 e. The molecule has 0 fully saturated rings. The average molecular weight is 242 g/mol. The van der Waals surface area contributed by atoms with Gasteiger partial charge in [0.15, 0.2) is 4.34 Å². The van der Waals surface area contributed by atoms with Crippen molar-refractivity contribution >= 4 is 45.1 Å². The van der Waals surface area contributed by atoms with Crippen LogP contribution in [0.4, 0.5) is 0 Å².